The van der Waals surface area contributed by atoms with E-state index in [9.17, 15) is 5.11 Å². The topological polar surface area (TPSA) is 49.7 Å². The number of hydrogen-bond acceptors (Lipinski definition) is 3. The highest BCUT2D eigenvalue weighted by molar-refractivity contribution is 5.38. The zero-order chi connectivity index (χ0) is 10.7. The molecule has 82 valence electrons. The summed E-state index contributed by atoms with van der Waals surface area (Å²) in [6.07, 6.45) is 2.56. The van der Waals surface area contributed by atoms with Crippen molar-refractivity contribution in [3.8, 4) is 5.75 Å². The van der Waals surface area contributed by atoms with E-state index >= 15 is 0 Å². The van der Waals surface area contributed by atoms with Crippen LogP contribution in [0.2, 0.25) is 0 Å². The number of aryl methyl sites for hydroxylation is 1. The molecule has 15 heavy (non-hydrogen) atoms. The molecule has 1 aromatic rings. The van der Waals surface area contributed by atoms with Crippen LogP contribution in [0.1, 0.15) is 30.1 Å². The molecule has 0 spiro atoms. The van der Waals surface area contributed by atoms with Gasteiger partial charge in [-0.2, -0.15) is 0 Å². The molecule has 1 atom stereocenters. The van der Waals surface area contributed by atoms with Gasteiger partial charge in [0, 0.05) is 0 Å². The predicted molar refractivity (Wildman–Crippen MR) is 56.9 cm³/mol. The fraction of sp³-hybridized carbons (Fsp3) is 0.500. The van der Waals surface area contributed by atoms with Gasteiger partial charge in [0.15, 0.2) is 0 Å². The van der Waals surface area contributed by atoms with Crippen LogP contribution in [0.4, 0.5) is 0 Å². The van der Waals surface area contributed by atoms with Crippen molar-refractivity contribution in [1.29, 1.82) is 0 Å². The van der Waals surface area contributed by atoms with Crippen LogP contribution < -0.4 is 4.74 Å². The Bertz CT molecular complexity index is 336. The molecule has 0 fully saturated rings. The van der Waals surface area contributed by atoms with E-state index in [0.717, 1.165) is 30.6 Å². The molecule has 0 radical (unpaired) electrons. The molecule has 0 aromatic heterocycles. The predicted octanol–water partition coefficient (Wildman–Crippen LogP) is 1.43. The first-order valence-corrected chi connectivity index (χ1v) is 5.36. The van der Waals surface area contributed by atoms with Crippen LogP contribution in [0.15, 0.2) is 18.2 Å². The largest absolute Gasteiger partial charge is 0.491 e. The molecule has 1 aliphatic carbocycles. The summed E-state index contributed by atoms with van der Waals surface area (Å²) in [5, 5.41) is 18.4. The molecule has 0 saturated heterocycles. The second-order valence-corrected chi connectivity index (χ2v) is 3.84. The van der Waals surface area contributed by atoms with E-state index in [1.54, 1.807) is 0 Å². The molecular formula is C12H16O3. The van der Waals surface area contributed by atoms with Gasteiger partial charge in [-0.3, -0.25) is 0 Å². The molecule has 1 unspecified atom stereocenters. The lowest BCUT2D eigenvalue weighted by Crippen LogP contribution is -2.10. The highest BCUT2D eigenvalue weighted by Crippen LogP contribution is 2.32. The van der Waals surface area contributed by atoms with E-state index < -0.39 is 0 Å². The lowest BCUT2D eigenvalue weighted by Gasteiger charge is -2.21. The minimum Gasteiger partial charge on any atom is -0.491 e. The highest BCUT2D eigenvalue weighted by Gasteiger charge is 2.18. The molecular weight excluding hydrogens is 192 g/mol. The quantitative estimate of drug-likeness (QED) is 0.790. The number of benzene rings is 1. The third kappa shape index (κ3) is 2.30. The van der Waals surface area contributed by atoms with E-state index in [1.165, 1.54) is 5.56 Å². The monoisotopic (exact) mass is 208 g/mol. The molecule has 1 aliphatic rings. The Kier molecular flexibility index (Phi) is 3.23. The number of ether oxygens (including phenoxy) is 1. The van der Waals surface area contributed by atoms with Gasteiger partial charge in [-0.05, 0) is 42.5 Å². The van der Waals surface area contributed by atoms with Crippen molar-refractivity contribution in [2.24, 2.45) is 0 Å². The van der Waals surface area contributed by atoms with Gasteiger partial charge in [-0.15, -0.1) is 0 Å². The summed E-state index contributed by atoms with van der Waals surface area (Å²) >= 11 is 0. The van der Waals surface area contributed by atoms with E-state index in [2.05, 4.69) is 0 Å². The summed E-state index contributed by atoms with van der Waals surface area (Å²) in [7, 11) is 0. The Labute approximate surface area is 89.3 Å². The van der Waals surface area contributed by atoms with Gasteiger partial charge >= 0.3 is 0 Å². The maximum Gasteiger partial charge on any atom is 0.119 e. The van der Waals surface area contributed by atoms with E-state index in [4.69, 9.17) is 9.84 Å². The number of hydrogen-bond donors (Lipinski definition) is 2. The molecule has 2 rings (SSSR count). The van der Waals surface area contributed by atoms with Crippen LogP contribution in [-0.4, -0.2) is 23.4 Å². The van der Waals surface area contributed by atoms with Crippen LogP contribution >= 0.6 is 0 Å². The maximum atomic E-state index is 9.81. The first kappa shape index (κ1) is 10.5. The zero-order valence-electron chi connectivity index (χ0n) is 8.65. The number of rotatable bonds is 3. The summed E-state index contributed by atoms with van der Waals surface area (Å²) < 4.78 is 5.31. The third-order valence-corrected chi connectivity index (χ3v) is 2.76. The average molecular weight is 208 g/mol. The average Bonchev–Trinajstić information content (AvgIpc) is 2.27. The van der Waals surface area contributed by atoms with Crippen LogP contribution in [0.3, 0.4) is 0 Å². The van der Waals surface area contributed by atoms with Crippen molar-refractivity contribution < 1.29 is 14.9 Å². The Morgan fingerprint density at radius 1 is 1.40 bits per heavy atom. The number of fused-ring (bicyclic) bond motifs is 1. The lowest BCUT2D eigenvalue weighted by atomic mass is 9.89. The van der Waals surface area contributed by atoms with E-state index in [0.29, 0.717) is 6.61 Å². The number of aliphatic hydroxyl groups is 2. The summed E-state index contributed by atoms with van der Waals surface area (Å²) in [4.78, 5) is 0. The van der Waals surface area contributed by atoms with Crippen LogP contribution in [0.5, 0.6) is 5.75 Å². The molecule has 0 aliphatic heterocycles. The fourth-order valence-corrected chi connectivity index (χ4v) is 2.01. The summed E-state index contributed by atoms with van der Waals surface area (Å²) in [6.45, 7) is 0.314. The van der Waals surface area contributed by atoms with Gasteiger partial charge in [-0.1, -0.05) is 6.07 Å². The van der Waals surface area contributed by atoms with Gasteiger partial charge in [-0.25, -0.2) is 0 Å². The molecule has 3 heteroatoms. The Hall–Kier alpha value is -1.06. The van der Waals surface area contributed by atoms with Crippen molar-refractivity contribution in [3.63, 3.8) is 0 Å². The smallest absolute Gasteiger partial charge is 0.119 e. The van der Waals surface area contributed by atoms with Crippen molar-refractivity contribution in [1.82, 2.24) is 0 Å². The first-order valence-electron chi connectivity index (χ1n) is 5.36. The second kappa shape index (κ2) is 4.64. The SMILES string of the molecule is OCCOc1ccc2c(c1)C(O)CCC2. The standard InChI is InChI=1S/C12H16O3/c13-6-7-15-10-5-4-9-2-1-3-12(14)11(9)8-10/h4-5,8,12-14H,1-3,6-7H2. The van der Waals surface area contributed by atoms with E-state index in [-0.39, 0.29) is 12.7 Å². The molecule has 1 aromatic carbocycles. The minimum atomic E-state index is -0.355. The van der Waals surface area contributed by atoms with E-state index in [1.807, 2.05) is 18.2 Å². The van der Waals surface area contributed by atoms with Gasteiger partial charge in [0.1, 0.15) is 12.4 Å². The van der Waals surface area contributed by atoms with Gasteiger partial charge in [0.05, 0.1) is 12.7 Å². The normalized spacial score (nSPS) is 19.7. The van der Waals surface area contributed by atoms with Crippen LogP contribution in [0, 0.1) is 0 Å². The van der Waals surface area contributed by atoms with Crippen molar-refractivity contribution in [2.45, 2.75) is 25.4 Å². The number of aliphatic hydroxyl groups excluding tert-OH is 2. The highest BCUT2D eigenvalue weighted by atomic mass is 16.5. The summed E-state index contributed by atoms with van der Waals surface area (Å²) in [6, 6.07) is 5.78. The zero-order valence-corrected chi connectivity index (χ0v) is 8.65. The fourth-order valence-electron chi connectivity index (χ4n) is 2.01. The van der Waals surface area contributed by atoms with Crippen molar-refractivity contribution in [2.75, 3.05) is 13.2 Å². The van der Waals surface area contributed by atoms with Crippen LogP contribution in [0.25, 0.3) is 0 Å². The third-order valence-electron chi connectivity index (χ3n) is 2.76. The lowest BCUT2D eigenvalue weighted by molar-refractivity contribution is 0.155. The molecule has 3 nitrogen and oxygen atoms in total. The molecule has 2 N–H and O–H groups in total. The summed E-state index contributed by atoms with van der Waals surface area (Å²) in [5.41, 5.74) is 2.20. The Balaban J connectivity index is 2.19. The van der Waals surface area contributed by atoms with Gasteiger partial charge in [0.2, 0.25) is 0 Å². The van der Waals surface area contributed by atoms with Crippen molar-refractivity contribution in [3.05, 3.63) is 29.3 Å². The van der Waals surface area contributed by atoms with Gasteiger partial charge < -0.3 is 14.9 Å². The molecule has 0 saturated carbocycles. The van der Waals surface area contributed by atoms with Crippen molar-refractivity contribution >= 4 is 0 Å². The Morgan fingerprint density at radius 3 is 3.07 bits per heavy atom. The Morgan fingerprint density at radius 2 is 2.27 bits per heavy atom. The van der Waals surface area contributed by atoms with Crippen LogP contribution in [-0.2, 0) is 6.42 Å². The second-order valence-electron chi connectivity index (χ2n) is 3.84. The maximum absolute atomic E-state index is 9.81. The molecule has 0 heterocycles. The first-order chi connectivity index (χ1) is 7.31. The summed E-state index contributed by atoms with van der Waals surface area (Å²) in [5.74, 6) is 0.726. The molecule has 0 bridgehead atoms. The van der Waals surface area contributed by atoms with Gasteiger partial charge in [0.25, 0.3) is 0 Å². The minimum absolute atomic E-state index is 0.0135. The molecule has 0 amide bonds.